The highest BCUT2D eigenvalue weighted by atomic mass is 19.1. The Morgan fingerprint density at radius 3 is 2.44 bits per heavy atom. The highest BCUT2D eigenvalue weighted by Gasteiger charge is 2.36. The van der Waals surface area contributed by atoms with Crippen LogP contribution in [0, 0.1) is 12.7 Å². The van der Waals surface area contributed by atoms with E-state index in [-0.39, 0.29) is 18.0 Å². The van der Waals surface area contributed by atoms with E-state index < -0.39 is 17.8 Å². The molecule has 8 heteroatoms. The number of ether oxygens (including phenoxy) is 2. The molecular formula is C26H21FN2O5. The molecule has 0 atom stereocenters. The molecule has 0 aliphatic carbocycles. The van der Waals surface area contributed by atoms with E-state index in [0.717, 1.165) is 16.0 Å². The summed E-state index contributed by atoms with van der Waals surface area (Å²) >= 11 is 0. The summed E-state index contributed by atoms with van der Waals surface area (Å²) in [5, 5.41) is 2.21. The second-order valence-electron chi connectivity index (χ2n) is 7.62. The van der Waals surface area contributed by atoms with Gasteiger partial charge in [-0.15, -0.1) is 0 Å². The maximum atomic E-state index is 13.1. The third kappa shape index (κ3) is 4.80. The largest absolute Gasteiger partial charge is 0.493 e. The van der Waals surface area contributed by atoms with Crippen LogP contribution in [-0.2, 0) is 16.2 Å². The molecule has 0 spiro atoms. The molecule has 4 rings (SSSR count). The Morgan fingerprint density at radius 1 is 0.971 bits per heavy atom. The Kier molecular flexibility index (Phi) is 6.40. The van der Waals surface area contributed by atoms with E-state index in [1.807, 2.05) is 13.0 Å². The van der Waals surface area contributed by atoms with Gasteiger partial charge in [-0.05, 0) is 66.1 Å². The first kappa shape index (κ1) is 22.7. The lowest BCUT2D eigenvalue weighted by atomic mass is 10.1. The topological polar surface area (TPSA) is 84.9 Å². The number of amides is 4. The van der Waals surface area contributed by atoms with Gasteiger partial charge in [-0.3, -0.25) is 14.9 Å². The van der Waals surface area contributed by atoms with Crippen molar-refractivity contribution in [2.75, 3.05) is 12.0 Å². The van der Waals surface area contributed by atoms with Crippen LogP contribution >= 0.6 is 0 Å². The standard InChI is InChI=1S/C26H21FN2O5/c1-16-4-3-5-20(12-16)29-25(31)21(24(30)28-26(29)32)13-18-8-11-22(23(14-18)33-2)34-15-17-6-9-19(27)10-7-17/h3-14H,15H2,1-2H3,(H,28,30,32)/b21-13+. The van der Waals surface area contributed by atoms with Crippen molar-refractivity contribution < 1.29 is 28.2 Å². The molecule has 1 aliphatic rings. The van der Waals surface area contributed by atoms with Gasteiger partial charge in [-0.2, -0.15) is 0 Å². The van der Waals surface area contributed by atoms with E-state index in [1.54, 1.807) is 48.5 Å². The fourth-order valence-electron chi connectivity index (χ4n) is 3.46. The Balaban J connectivity index is 1.59. The van der Waals surface area contributed by atoms with Gasteiger partial charge in [0.1, 0.15) is 18.0 Å². The zero-order valence-electron chi connectivity index (χ0n) is 18.5. The van der Waals surface area contributed by atoms with Crippen LogP contribution in [0.4, 0.5) is 14.9 Å². The molecule has 1 saturated heterocycles. The number of aryl methyl sites for hydroxylation is 1. The van der Waals surface area contributed by atoms with Crippen molar-refractivity contribution in [2.24, 2.45) is 0 Å². The summed E-state index contributed by atoms with van der Waals surface area (Å²) in [6.45, 7) is 2.04. The van der Waals surface area contributed by atoms with Gasteiger partial charge in [0, 0.05) is 0 Å². The van der Waals surface area contributed by atoms with Gasteiger partial charge in [-0.25, -0.2) is 14.1 Å². The molecule has 7 nitrogen and oxygen atoms in total. The number of hydrogen-bond acceptors (Lipinski definition) is 5. The average molecular weight is 460 g/mol. The van der Waals surface area contributed by atoms with E-state index in [4.69, 9.17) is 9.47 Å². The normalized spacial score (nSPS) is 14.9. The summed E-state index contributed by atoms with van der Waals surface area (Å²) in [6.07, 6.45) is 1.39. The van der Waals surface area contributed by atoms with Crippen molar-refractivity contribution in [3.05, 3.63) is 94.8 Å². The van der Waals surface area contributed by atoms with Gasteiger partial charge in [-0.1, -0.05) is 30.3 Å². The molecule has 0 aromatic heterocycles. The molecule has 0 bridgehead atoms. The molecule has 0 saturated carbocycles. The first-order valence-corrected chi connectivity index (χ1v) is 10.4. The maximum absolute atomic E-state index is 13.1. The number of carbonyl (C=O) groups excluding carboxylic acids is 3. The van der Waals surface area contributed by atoms with E-state index >= 15 is 0 Å². The fraction of sp³-hybridized carbons (Fsp3) is 0.115. The summed E-state index contributed by atoms with van der Waals surface area (Å²) in [7, 11) is 1.47. The Morgan fingerprint density at radius 2 is 1.74 bits per heavy atom. The molecule has 4 amide bonds. The van der Waals surface area contributed by atoms with Crippen molar-refractivity contribution in [3.63, 3.8) is 0 Å². The predicted octanol–water partition coefficient (Wildman–Crippen LogP) is 4.39. The Bertz CT molecular complexity index is 1300. The van der Waals surface area contributed by atoms with Crippen LogP contribution in [0.5, 0.6) is 11.5 Å². The van der Waals surface area contributed by atoms with E-state index in [1.165, 1.54) is 25.3 Å². The summed E-state index contributed by atoms with van der Waals surface area (Å²) in [5.41, 5.74) is 2.32. The van der Waals surface area contributed by atoms with Gasteiger partial charge < -0.3 is 9.47 Å². The van der Waals surface area contributed by atoms with Crippen LogP contribution in [0.25, 0.3) is 6.08 Å². The van der Waals surface area contributed by atoms with Crippen molar-refractivity contribution >= 4 is 29.6 Å². The highest BCUT2D eigenvalue weighted by Crippen LogP contribution is 2.30. The highest BCUT2D eigenvalue weighted by molar-refractivity contribution is 6.39. The van der Waals surface area contributed by atoms with Gasteiger partial charge >= 0.3 is 6.03 Å². The lowest BCUT2D eigenvalue weighted by molar-refractivity contribution is -0.122. The number of urea groups is 1. The first-order chi connectivity index (χ1) is 16.4. The molecule has 3 aromatic carbocycles. The number of nitrogens with one attached hydrogen (secondary N) is 1. The molecule has 172 valence electrons. The summed E-state index contributed by atoms with van der Waals surface area (Å²) in [6, 6.07) is 16.9. The van der Waals surface area contributed by atoms with Crippen LogP contribution in [0.2, 0.25) is 0 Å². The zero-order chi connectivity index (χ0) is 24.2. The monoisotopic (exact) mass is 460 g/mol. The van der Waals surface area contributed by atoms with Crippen LogP contribution < -0.4 is 19.7 Å². The minimum absolute atomic E-state index is 0.192. The second-order valence-corrected chi connectivity index (χ2v) is 7.62. The third-order valence-corrected chi connectivity index (χ3v) is 5.17. The van der Waals surface area contributed by atoms with E-state index in [9.17, 15) is 18.8 Å². The molecule has 34 heavy (non-hydrogen) atoms. The lowest BCUT2D eigenvalue weighted by Crippen LogP contribution is -2.54. The molecule has 1 fully saturated rings. The van der Waals surface area contributed by atoms with Gasteiger partial charge in [0.2, 0.25) is 0 Å². The van der Waals surface area contributed by atoms with E-state index in [2.05, 4.69) is 5.32 Å². The van der Waals surface area contributed by atoms with Crippen molar-refractivity contribution in [1.82, 2.24) is 5.32 Å². The molecule has 1 N–H and O–H groups in total. The van der Waals surface area contributed by atoms with Crippen LogP contribution in [-0.4, -0.2) is 25.0 Å². The molecule has 3 aromatic rings. The zero-order valence-corrected chi connectivity index (χ0v) is 18.5. The third-order valence-electron chi connectivity index (χ3n) is 5.17. The number of hydrogen-bond donors (Lipinski definition) is 1. The molecule has 0 unspecified atom stereocenters. The number of halogens is 1. The fourth-order valence-corrected chi connectivity index (χ4v) is 3.46. The number of imide groups is 2. The van der Waals surface area contributed by atoms with Gasteiger partial charge in [0.15, 0.2) is 11.5 Å². The summed E-state index contributed by atoms with van der Waals surface area (Å²) in [4.78, 5) is 38.8. The van der Waals surface area contributed by atoms with Gasteiger partial charge in [0.05, 0.1) is 12.8 Å². The van der Waals surface area contributed by atoms with Crippen molar-refractivity contribution in [1.29, 1.82) is 0 Å². The smallest absolute Gasteiger partial charge is 0.335 e. The SMILES string of the molecule is COc1cc(/C=C2\C(=O)NC(=O)N(c3cccc(C)c3)C2=O)ccc1OCc1ccc(F)cc1. The second kappa shape index (κ2) is 9.58. The minimum Gasteiger partial charge on any atom is -0.493 e. The van der Waals surface area contributed by atoms with Crippen molar-refractivity contribution in [2.45, 2.75) is 13.5 Å². The van der Waals surface area contributed by atoms with Crippen LogP contribution in [0.1, 0.15) is 16.7 Å². The van der Waals surface area contributed by atoms with E-state index in [0.29, 0.717) is 22.7 Å². The Hall–Kier alpha value is -4.46. The first-order valence-electron chi connectivity index (χ1n) is 10.4. The lowest BCUT2D eigenvalue weighted by Gasteiger charge is -2.26. The maximum Gasteiger partial charge on any atom is 0.335 e. The van der Waals surface area contributed by atoms with Crippen LogP contribution in [0.15, 0.2) is 72.3 Å². The average Bonchev–Trinajstić information content (AvgIpc) is 2.81. The number of nitrogens with zero attached hydrogens (tertiary/aromatic N) is 1. The number of methoxy groups -OCH3 is 1. The number of benzene rings is 3. The Labute approximate surface area is 195 Å². The predicted molar refractivity (Wildman–Crippen MR) is 124 cm³/mol. The van der Waals surface area contributed by atoms with Crippen LogP contribution in [0.3, 0.4) is 0 Å². The van der Waals surface area contributed by atoms with Crippen molar-refractivity contribution in [3.8, 4) is 11.5 Å². The number of carbonyl (C=O) groups is 3. The number of anilines is 1. The minimum atomic E-state index is -0.806. The quantitative estimate of drug-likeness (QED) is 0.436. The summed E-state index contributed by atoms with van der Waals surface area (Å²) < 4.78 is 24.2. The summed E-state index contributed by atoms with van der Waals surface area (Å²) in [5.74, 6) is -1.02. The van der Waals surface area contributed by atoms with Gasteiger partial charge in [0.25, 0.3) is 11.8 Å². The molecular weight excluding hydrogens is 439 g/mol. The molecule has 0 radical (unpaired) electrons. The molecule has 1 heterocycles. The number of barbiturate groups is 1. The number of rotatable bonds is 6. The molecule has 1 aliphatic heterocycles.